The number of carbonyl (C=O) groups is 1. The molecule has 0 heterocycles. The predicted octanol–water partition coefficient (Wildman–Crippen LogP) is 2.06. The van der Waals surface area contributed by atoms with Crippen LogP contribution < -0.4 is 0 Å². The number of methoxy groups -OCH3 is 1. The van der Waals surface area contributed by atoms with Crippen molar-refractivity contribution in [2.75, 3.05) is 13.4 Å². The van der Waals surface area contributed by atoms with Crippen LogP contribution in [-0.4, -0.2) is 27.8 Å². The summed E-state index contributed by atoms with van der Waals surface area (Å²) in [5.41, 5.74) is -0.228. The first kappa shape index (κ1) is 13.5. The van der Waals surface area contributed by atoms with Gasteiger partial charge in [-0.05, 0) is 30.5 Å². The highest BCUT2D eigenvalue weighted by Crippen LogP contribution is 2.51. The molecule has 1 aliphatic rings. The van der Waals surface area contributed by atoms with Crippen molar-refractivity contribution in [2.45, 2.75) is 23.2 Å². The van der Waals surface area contributed by atoms with Crippen LogP contribution >= 0.6 is 15.9 Å². The van der Waals surface area contributed by atoms with E-state index in [2.05, 4.69) is 15.9 Å². The van der Waals surface area contributed by atoms with Crippen LogP contribution in [0.25, 0.3) is 0 Å². The molecule has 98 valence electrons. The number of rotatable bonds is 3. The van der Waals surface area contributed by atoms with Gasteiger partial charge in [-0.3, -0.25) is 4.79 Å². The second-order valence-electron chi connectivity index (χ2n) is 4.49. The number of ether oxygens (including phenoxy) is 1. The van der Waals surface area contributed by atoms with Crippen molar-refractivity contribution in [3.63, 3.8) is 0 Å². The molecule has 2 rings (SSSR count). The van der Waals surface area contributed by atoms with E-state index in [9.17, 15) is 13.2 Å². The van der Waals surface area contributed by atoms with Gasteiger partial charge in [0.1, 0.15) is 0 Å². The number of hydrogen-bond donors (Lipinski definition) is 0. The lowest BCUT2D eigenvalue weighted by Gasteiger charge is -2.16. The van der Waals surface area contributed by atoms with Gasteiger partial charge in [0.2, 0.25) is 0 Å². The molecule has 1 aromatic rings. The van der Waals surface area contributed by atoms with Crippen LogP contribution in [0.15, 0.2) is 27.6 Å². The molecular weight excluding hydrogens is 320 g/mol. The third kappa shape index (κ3) is 2.19. The highest BCUT2D eigenvalue weighted by molar-refractivity contribution is 9.10. The number of esters is 1. The summed E-state index contributed by atoms with van der Waals surface area (Å²) in [5.74, 6) is -0.366. The average Bonchev–Trinajstić information content (AvgIpc) is 3.08. The number of sulfone groups is 1. The summed E-state index contributed by atoms with van der Waals surface area (Å²) in [6.07, 6.45) is 2.40. The minimum atomic E-state index is -3.38. The zero-order valence-corrected chi connectivity index (χ0v) is 12.5. The zero-order valence-electron chi connectivity index (χ0n) is 10.1. The molecule has 1 aliphatic carbocycles. The van der Waals surface area contributed by atoms with E-state index < -0.39 is 15.3 Å². The summed E-state index contributed by atoms with van der Waals surface area (Å²) in [6, 6.07) is 4.96. The quantitative estimate of drug-likeness (QED) is 0.795. The molecule has 0 aromatic heterocycles. The molecule has 0 saturated heterocycles. The summed E-state index contributed by atoms with van der Waals surface area (Å²) in [4.78, 5) is 12.0. The van der Waals surface area contributed by atoms with Gasteiger partial charge in [0.25, 0.3) is 0 Å². The molecule has 18 heavy (non-hydrogen) atoms. The minimum absolute atomic E-state index is 0.194. The van der Waals surface area contributed by atoms with Crippen LogP contribution in [0.2, 0.25) is 0 Å². The van der Waals surface area contributed by atoms with Gasteiger partial charge in [-0.1, -0.05) is 22.0 Å². The maximum Gasteiger partial charge on any atom is 0.316 e. The van der Waals surface area contributed by atoms with Crippen molar-refractivity contribution in [1.82, 2.24) is 0 Å². The standard InChI is InChI=1S/C12H13BrO4S/c1-17-11(14)12(5-6-12)9-4-3-8(13)7-10(9)18(2,15)16/h3-4,7H,5-6H2,1-2H3. The monoisotopic (exact) mass is 332 g/mol. The van der Waals surface area contributed by atoms with Gasteiger partial charge in [0, 0.05) is 10.7 Å². The van der Waals surface area contributed by atoms with Crippen molar-refractivity contribution < 1.29 is 17.9 Å². The van der Waals surface area contributed by atoms with E-state index in [0.717, 1.165) is 6.26 Å². The molecule has 1 aromatic carbocycles. The van der Waals surface area contributed by atoms with Crippen LogP contribution in [0.5, 0.6) is 0 Å². The van der Waals surface area contributed by atoms with Gasteiger partial charge < -0.3 is 4.74 Å². The smallest absolute Gasteiger partial charge is 0.316 e. The Hall–Kier alpha value is -0.880. The molecule has 6 heteroatoms. The largest absolute Gasteiger partial charge is 0.468 e. The van der Waals surface area contributed by atoms with E-state index in [0.29, 0.717) is 22.9 Å². The van der Waals surface area contributed by atoms with Crippen molar-refractivity contribution in [1.29, 1.82) is 0 Å². The lowest BCUT2D eigenvalue weighted by molar-refractivity contribution is -0.143. The molecule has 0 amide bonds. The summed E-state index contributed by atoms with van der Waals surface area (Å²) in [5, 5.41) is 0. The van der Waals surface area contributed by atoms with Gasteiger partial charge in [-0.25, -0.2) is 8.42 Å². The lowest BCUT2D eigenvalue weighted by Crippen LogP contribution is -2.24. The molecule has 4 nitrogen and oxygen atoms in total. The van der Waals surface area contributed by atoms with E-state index in [1.165, 1.54) is 13.2 Å². The van der Waals surface area contributed by atoms with Crippen molar-refractivity contribution in [3.05, 3.63) is 28.2 Å². The van der Waals surface area contributed by atoms with Crippen LogP contribution in [0, 0.1) is 0 Å². The molecule has 0 aliphatic heterocycles. The normalized spacial score (nSPS) is 17.3. The van der Waals surface area contributed by atoms with Gasteiger partial charge >= 0.3 is 5.97 Å². The highest BCUT2D eigenvalue weighted by Gasteiger charge is 2.54. The van der Waals surface area contributed by atoms with Crippen molar-refractivity contribution >= 4 is 31.7 Å². The molecule has 0 bridgehead atoms. The van der Waals surface area contributed by atoms with Crippen LogP contribution in [0.4, 0.5) is 0 Å². The Morgan fingerprint density at radius 2 is 2.00 bits per heavy atom. The van der Waals surface area contributed by atoms with Crippen LogP contribution in [0.1, 0.15) is 18.4 Å². The summed E-state index contributed by atoms with van der Waals surface area (Å²) >= 11 is 3.25. The third-order valence-electron chi connectivity index (χ3n) is 3.18. The van der Waals surface area contributed by atoms with Crippen LogP contribution in [-0.2, 0) is 24.8 Å². The van der Waals surface area contributed by atoms with Crippen molar-refractivity contribution in [3.8, 4) is 0 Å². The minimum Gasteiger partial charge on any atom is -0.468 e. The van der Waals surface area contributed by atoms with E-state index >= 15 is 0 Å². The highest BCUT2D eigenvalue weighted by atomic mass is 79.9. The molecule has 0 N–H and O–H groups in total. The maximum atomic E-state index is 11.8. The number of benzene rings is 1. The van der Waals surface area contributed by atoms with E-state index in [4.69, 9.17) is 4.74 Å². The predicted molar refractivity (Wildman–Crippen MR) is 70.2 cm³/mol. The number of hydrogen-bond acceptors (Lipinski definition) is 4. The Bertz CT molecular complexity index is 603. The Morgan fingerprint density at radius 3 is 2.44 bits per heavy atom. The molecule has 1 fully saturated rings. The number of carbonyl (C=O) groups excluding carboxylic acids is 1. The topological polar surface area (TPSA) is 60.4 Å². The summed E-state index contributed by atoms with van der Waals surface area (Å²) in [6.45, 7) is 0. The third-order valence-corrected chi connectivity index (χ3v) is 4.81. The van der Waals surface area contributed by atoms with Crippen LogP contribution in [0.3, 0.4) is 0 Å². The SMILES string of the molecule is COC(=O)C1(c2ccc(Br)cc2S(C)(=O)=O)CC1. The fraction of sp³-hybridized carbons (Fsp3) is 0.417. The van der Waals surface area contributed by atoms with E-state index in [1.54, 1.807) is 12.1 Å². The Balaban J connectivity index is 2.63. The van der Waals surface area contributed by atoms with Gasteiger partial charge in [-0.15, -0.1) is 0 Å². The molecular formula is C12H13BrO4S. The molecule has 0 unspecified atom stereocenters. The fourth-order valence-corrected chi connectivity index (χ4v) is 3.62. The van der Waals surface area contributed by atoms with Gasteiger partial charge in [0.15, 0.2) is 9.84 Å². The molecule has 0 spiro atoms. The first-order valence-electron chi connectivity index (χ1n) is 5.40. The van der Waals surface area contributed by atoms with E-state index in [1.807, 2.05) is 0 Å². The maximum absolute atomic E-state index is 11.8. The second-order valence-corrected chi connectivity index (χ2v) is 7.39. The number of halogens is 1. The lowest BCUT2D eigenvalue weighted by atomic mass is 9.96. The Kier molecular flexibility index (Phi) is 3.27. The first-order chi connectivity index (χ1) is 8.31. The van der Waals surface area contributed by atoms with E-state index in [-0.39, 0.29) is 10.9 Å². The molecule has 1 saturated carbocycles. The van der Waals surface area contributed by atoms with Gasteiger partial charge in [-0.2, -0.15) is 0 Å². The Labute approximate surface area is 114 Å². The Morgan fingerprint density at radius 1 is 1.39 bits per heavy atom. The van der Waals surface area contributed by atoms with Crippen molar-refractivity contribution in [2.24, 2.45) is 0 Å². The molecule has 0 radical (unpaired) electrons. The molecule has 0 atom stereocenters. The summed E-state index contributed by atoms with van der Waals surface area (Å²) < 4.78 is 29.1. The van der Waals surface area contributed by atoms with Gasteiger partial charge in [0.05, 0.1) is 17.4 Å². The first-order valence-corrected chi connectivity index (χ1v) is 8.08. The summed E-state index contributed by atoms with van der Waals surface area (Å²) in [7, 11) is -2.06. The zero-order chi connectivity index (χ0) is 13.6. The fourth-order valence-electron chi connectivity index (χ4n) is 2.10. The average molecular weight is 333 g/mol. The second kappa shape index (κ2) is 4.35.